The van der Waals surface area contributed by atoms with Gasteiger partial charge in [0, 0.05) is 6.04 Å². The number of anilines is 2. The Bertz CT molecular complexity index is 679. The van der Waals surface area contributed by atoms with Gasteiger partial charge in [-0.25, -0.2) is 0 Å². The molecule has 21 heavy (non-hydrogen) atoms. The van der Waals surface area contributed by atoms with Gasteiger partial charge < -0.3 is 4.90 Å². The number of nitrogens with zero attached hydrogens (tertiary/aromatic N) is 2. The molecule has 0 fully saturated rings. The van der Waals surface area contributed by atoms with Gasteiger partial charge in [-0.2, -0.15) is 0 Å². The van der Waals surface area contributed by atoms with Gasteiger partial charge in [0.05, 0.1) is 16.3 Å². The number of amides is 2. The number of hydrogen-bond donors (Lipinski definition) is 0. The van der Waals surface area contributed by atoms with E-state index in [0.29, 0.717) is 4.88 Å². The molecule has 0 bridgehead atoms. The van der Waals surface area contributed by atoms with Gasteiger partial charge in [-0.05, 0) is 37.4 Å². The Morgan fingerprint density at radius 3 is 2.48 bits per heavy atom. The zero-order valence-electron chi connectivity index (χ0n) is 11.9. The normalized spacial score (nSPS) is 14.5. The van der Waals surface area contributed by atoms with Gasteiger partial charge in [-0.3, -0.25) is 14.5 Å². The standard InChI is InChI=1S/C16H16N2O2S/c1-11(2)18-13-7-4-3-6-12(13)17(10-15(18)19)16(20)14-8-5-9-21-14/h3-9,11H,10H2,1-2H3. The van der Waals surface area contributed by atoms with E-state index in [4.69, 9.17) is 0 Å². The SMILES string of the molecule is CC(C)N1C(=O)CN(C(=O)c2cccs2)c2ccccc21. The second-order valence-electron chi connectivity index (χ2n) is 5.21. The zero-order valence-corrected chi connectivity index (χ0v) is 12.8. The maximum atomic E-state index is 12.6. The average molecular weight is 300 g/mol. The van der Waals surface area contributed by atoms with Crippen LogP contribution in [-0.4, -0.2) is 24.4 Å². The predicted molar refractivity (Wildman–Crippen MR) is 85.1 cm³/mol. The Morgan fingerprint density at radius 2 is 1.86 bits per heavy atom. The van der Waals surface area contributed by atoms with E-state index in [1.165, 1.54) is 11.3 Å². The quantitative estimate of drug-likeness (QED) is 0.855. The van der Waals surface area contributed by atoms with E-state index in [1.54, 1.807) is 15.9 Å². The first kappa shape index (κ1) is 13.8. The van der Waals surface area contributed by atoms with Crippen LogP contribution in [0.3, 0.4) is 0 Å². The molecule has 0 saturated heterocycles. The minimum Gasteiger partial charge on any atom is -0.306 e. The van der Waals surface area contributed by atoms with E-state index in [2.05, 4.69) is 0 Å². The van der Waals surface area contributed by atoms with Crippen LogP contribution >= 0.6 is 11.3 Å². The van der Waals surface area contributed by atoms with Crippen molar-refractivity contribution in [3.8, 4) is 0 Å². The van der Waals surface area contributed by atoms with E-state index < -0.39 is 0 Å². The number of fused-ring (bicyclic) bond motifs is 1. The molecule has 0 radical (unpaired) electrons. The fourth-order valence-electron chi connectivity index (χ4n) is 2.61. The third-order valence-corrected chi connectivity index (χ3v) is 4.35. The van der Waals surface area contributed by atoms with E-state index in [-0.39, 0.29) is 24.4 Å². The Morgan fingerprint density at radius 1 is 1.14 bits per heavy atom. The summed E-state index contributed by atoms with van der Waals surface area (Å²) in [5, 5.41) is 1.87. The van der Waals surface area contributed by atoms with Gasteiger partial charge in [-0.1, -0.05) is 18.2 Å². The Balaban J connectivity index is 2.06. The topological polar surface area (TPSA) is 40.6 Å². The highest BCUT2D eigenvalue weighted by Crippen LogP contribution is 2.35. The van der Waals surface area contributed by atoms with E-state index in [9.17, 15) is 9.59 Å². The number of benzene rings is 1. The molecule has 0 saturated carbocycles. The second-order valence-corrected chi connectivity index (χ2v) is 6.16. The van der Waals surface area contributed by atoms with Crippen molar-refractivity contribution in [2.75, 3.05) is 16.3 Å². The molecule has 2 aromatic rings. The minimum atomic E-state index is -0.116. The van der Waals surface area contributed by atoms with Crippen molar-refractivity contribution in [1.29, 1.82) is 0 Å². The molecule has 1 aliphatic rings. The van der Waals surface area contributed by atoms with Crippen LogP contribution < -0.4 is 9.80 Å². The number of para-hydroxylation sites is 2. The van der Waals surface area contributed by atoms with E-state index in [1.807, 2.05) is 49.6 Å². The number of carbonyl (C=O) groups excluding carboxylic acids is 2. The first-order chi connectivity index (χ1) is 10.1. The van der Waals surface area contributed by atoms with Crippen LogP contribution in [0.4, 0.5) is 11.4 Å². The molecule has 0 atom stereocenters. The maximum absolute atomic E-state index is 12.6. The summed E-state index contributed by atoms with van der Waals surface area (Å²) in [5.41, 5.74) is 1.60. The lowest BCUT2D eigenvalue weighted by molar-refractivity contribution is -0.117. The Labute approximate surface area is 127 Å². The Kier molecular flexibility index (Phi) is 3.51. The number of thiophene rings is 1. The highest BCUT2D eigenvalue weighted by Gasteiger charge is 2.34. The van der Waals surface area contributed by atoms with Crippen LogP contribution in [0.1, 0.15) is 23.5 Å². The van der Waals surface area contributed by atoms with Gasteiger partial charge in [-0.15, -0.1) is 11.3 Å². The van der Waals surface area contributed by atoms with Gasteiger partial charge in [0.25, 0.3) is 5.91 Å². The highest BCUT2D eigenvalue weighted by molar-refractivity contribution is 7.12. The van der Waals surface area contributed by atoms with Gasteiger partial charge in [0.15, 0.2) is 0 Å². The average Bonchev–Trinajstić information content (AvgIpc) is 2.99. The summed E-state index contributed by atoms with van der Waals surface area (Å²) < 4.78 is 0. The van der Waals surface area contributed by atoms with Crippen LogP contribution in [-0.2, 0) is 4.79 Å². The number of hydrogen-bond acceptors (Lipinski definition) is 3. The predicted octanol–water partition coefficient (Wildman–Crippen LogP) is 3.15. The Hall–Kier alpha value is -2.14. The highest BCUT2D eigenvalue weighted by atomic mass is 32.1. The van der Waals surface area contributed by atoms with Crippen LogP contribution in [0, 0.1) is 0 Å². The molecule has 5 heteroatoms. The van der Waals surface area contributed by atoms with E-state index >= 15 is 0 Å². The molecule has 0 N–H and O–H groups in total. The smallest absolute Gasteiger partial charge is 0.268 e. The lowest BCUT2D eigenvalue weighted by Gasteiger charge is -2.38. The fraction of sp³-hybridized carbons (Fsp3) is 0.250. The summed E-state index contributed by atoms with van der Waals surface area (Å²) in [6.45, 7) is 4.04. The first-order valence-electron chi connectivity index (χ1n) is 6.86. The summed E-state index contributed by atoms with van der Waals surface area (Å²) in [5.74, 6) is -0.164. The van der Waals surface area contributed by atoms with Crippen molar-refractivity contribution in [1.82, 2.24) is 0 Å². The summed E-state index contributed by atoms with van der Waals surface area (Å²) in [6, 6.07) is 11.3. The molecule has 1 aromatic heterocycles. The van der Waals surface area contributed by atoms with Gasteiger partial charge in [0.2, 0.25) is 5.91 Å². The lowest BCUT2D eigenvalue weighted by Crippen LogP contribution is -2.50. The van der Waals surface area contributed by atoms with Crippen LogP contribution in [0.5, 0.6) is 0 Å². The molecular weight excluding hydrogens is 284 g/mol. The summed E-state index contributed by atoms with van der Waals surface area (Å²) in [6.07, 6.45) is 0. The van der Waals surface area contributed by atoms with E-state index in [0.717, 1.165) is 11.4 Å². The molecule has 3 rings (SSSR count). The molecule has 0 aliphatic carbocycles. The zero-order chi connectivity index (χ0) is 15.0. The van der Waals surface area contributed by atoms with Crippen LogP contribution in [0.25, 0.3) is 0 Å². The van der Waals surface area contributed by atoms with Gasteiger partial charge >= 0.3 is 0 Å². The maximum Gasteiger partial charge on any atom is 0.268 e. The minimum absolute atomic E-state index is 0.0476. The van der Waals surface area contributed by atoms with Crippen molar-refractivity contribution in [3.63, 3.8) is 0 Å². The van der Waals surface area contributed by atoms with Crippen molar-refractivity contribution >= 4 is 34.5 Å². The monoisotopic (exact) mass is 300 g/mol. The molecule has 0 unspecified atom stereocenters. The van der Waals surface area contributed by atoms with Crippen LogP contribution in [0.2, 0.25) is 0 Å². The third-order valence-electron chi connectivity index (χ3n) is 3.49. The summed E-state index contributed by atoms with van der Waals surface area (Å²) >= 11 is 1.39. The second kappa shape index (κ2) is 5.33. The number of carbonyl (C=O) groups is 2. The third kappa shape index (κ3) is 2.34. The van der Waals surface area contributed by atoms with Crippen molar-refractivity contribution in [2.24, 2.45) is 0 Å². The number of rotatable bonds is 2. The van der Waals surface area contributed by atoms with Crippen molar-refractivity contribution in [3.05, 3.63) is 46.7 Å². The van der Waals surface area contributed by atoms with Crippen LogP contribution in [0.15, 0.2) is 41.8 Å². The molecule has 4 nitrogen and oxygen atoms in total. The largest absolute Gasteiger partial charge is 0.306 e. The molecule has 108 valence electrons. The van der Waals surface area contributed by atoms with Crippen molar-refractivity contribution < 1.29 is 9.59 Å². The molecule has 1 aromatic carbocycles. The van der Waals surface area contributed by atoms with Crippen molar-refractivity contribution in [2.45, 2.75) is 19.9 Å². The molecule has 2 heterocycles. The molecular formula is C16H16N2O2S. The summed E-state index contributed by atoms with van der Waals surface area (Å²) in [4.78, 5) is 29.0. The first-order valence-corrected chi connectivity index (χ1v) is 7.74. The fourth-order valence-corrected chi connectivity index (χ4v) is 3.28. The molecule has 0 spiro atoms. The summed E-state index contributed by atoms with van der Waals surface area (Å²) in [7, 11) is 0. The van der Waals surface area contributed by atoms with Gasteiger partial charge in [0.1, 0.15) is 6.54 Å². The molecule has 2 amide bonds. The lowest BCUT2D eigenvalue weighted by atomic mass is 10.1. The molecule has 1 aliphatic heterocycles.